The fourth-order valence-electron chi connectivity index (χ4n) is 4.41. The number of nitrogens with zero attached hydrogens (tertiary/aromatic N) is 1. The highest BCUT2D eigenvalue weighted by Crippen LogP contribution is 2.40. The van der Waals surface area contributed by atoms with Gasteiger partial charge in [0.15, 0.2) is 0 Å². The first kappa shape index (κ1) is 22.3. The molecule has 3 rings (SSSR count). The van der Waals surface area contributed by atoms with Gasteiger partial charge >= 0.3 is 0 Å². The largest absolute Gasteiger partial charge is 0.251 e. The molecule has 160 valence electrons. The van der Waals surface area contributed by atoms with E-state index in [9.17, 15) is 22.8 Å². The van der Waals surface area contributed by atoms with Crippen LogP contribution in [0.3, 0.4) is 0 Å². The third-order valence-electron chi connectivity index (χ3n) is 5.96. The van der Waals surface area contributed by atoms with Crippen molar-refractivity contribution in [2.24, 2.45) is 5.92 Å². The topological polar surface area (TPSA) is 53.2 Å². The number of nitriles is 1. The molecule has 1 fully saturated rings. The zero-order valence-electron chi connectivity index (χ0n) is 16.6. The zero-order chi connectivity index (χ0) is 21.8. The Labute approximate surface area is 172 Å². The molecule has 0 heterocycles. The summed E-state index contributed by atoms with van der Waals surface area (Å²) in [6.45, 7) is 2.14. The van der Waals surface area contributed by atoms with Crippen molar-refractivity contribution >= 4 is 0 Å². The van der Waals surface area contributed by atoms with Crippen LogP contribution in [0.15, 0.2) is 24.3 Å². The van der Waals surface area contributed by atoms with E-state index in [-0.39, 0.29) is 11.5 Å². The van der Waals surface area contributed by atoms with Crippen molar-refractivity contribution in [3.63, 3.8) is 0 Å². The highest BCUT2D eigenvalue weighted by molar-refractivity contribution is 5.40. The predicted molar refractivity (Wildman–Crippen MR) is 103 cm³/mol. The molecule has 0 spiro atoms. The highest BCUT2D eigenvalue weighted by atomic mass is 19.1. The van der Waals surface area contributed by atoms with Crippen molar-refractivity contribution < 1.29 is 27.7 Å². The van der Waals surface area contributed by atoms with E-state index in [1.54, 1.807) is 0 Å². The van der Waals surface area contributed by atoms with Gasteiger partial charge in [0.25, 0.3) is 0 Å². The summed E-state index contributed by atoms with van der Waals surface area (Å²) in [5, 5.41) is 18.0. The first-order chi connectivity index (χ1) is 14.4. The van der Waals surface area contributed by atoms with Gasteiger partial charge in [0.1, 0.15) is 41.0 Å². The van der Waals surface area contributed by atoms with E-state index in [1.807, 2.05) is 0 Å². The third kappa shape index (κ3) is 4.50. The van der Waals surface area contributed by atoms with E-state index in [0.29, 0.717) is 23.6 Å². The van der Waals surface area contributed by atoms with Crippen molar-refractivity contribution in [3.05, 3.63) is 69.8 Å². The fraction of sp³-hybridized carbons (Fsp3) is 0.435. The van der Waals surface area contributed by atoms with E-state index in [0.717, 1.165) is 38.5 Å². The summed E-state index contributed by atoms with van der Waals surface area (Å²) in [6, 6.07) is 5.19. The average Bonchev–Trinajstić information content (AvgIpc) is 2.71. The quantitative estimate of drug-likeness (QED) is 0.318. The Bertz CT molecular complexity index is 903. The molecule has 0 amide bonds. The van der Waals surface area contributed by atoms with Crippen molar-refractivity contribution in [3.8, 4) is 6.07 Å². The van der Waals surface area contributed by atoms with Gasteiger partial charge in [0, 0.05) is 0 Å². The van der Waals surface area contributed by atoms with Crippen LogP contribution < -0.4 is 0 Å². The minimum atomic E-state index is -1.78. The molecule has 1 unspecified atom stereocenters. The second-order valence-corrected chi connectivity index (χ2v) is 7.86. The molecule has 0 radical (unpaired) electrons. The van der Waals surface area contributed by atoms with Gasteiger partial charge in [-0.15, -0.1) is 0 Å². The molecular formula is C23H23F4NO2. The standard InChI is InChI=1S/C23H23F4NO2/c1-2-3-13-4-6-14(7-5-13)15-8-20(26)22(21(27)9-15)23(30-29)16-10-18(24)17(12-28)19(25)11-16/h8-11,13-14,23,29H,2-7H2,1H3. The van der Waals surface area contributed by atoms with Crippen molar-refractivity contribution in [1.29, 1.82) is 5.26 Å². The molecule has 0 saturated heterocycles. The van der Waals surface area contributed by atoms with E-state index < -0.39 is 40.5 Å². The summed E-state index contributed by atoms with van der Waals surface area (Å²) < 4.78 is 57.6. The van der Waals surface area contributed by atoms with Gasteiger partial charge in [0.2, 0.25) is 0 Å². The van der Waals surface area contributed by atoms with Gasteiger partial charge in [-0.25, -0.2) is 22.4 Å². The van der Waals surface area contributed by atoms with Gasteiger partial charge in [-0.2, -0.15) is 5.26 Å². The Balaban J connectivity index is 1.90. The highest BCUT2D eigenvalue weighted by Gasteiger charge is 2.29. The predicted octanol–water partition coefficient (Wildman–Crippen LogP) is 6.77. The first-order valence-electron chi connectivity index (χ1n) is 10.1. The van der Waals surface area contributed by atoms with E-state index in [1.165, 1.54) is 18.2 Å². The maximum atomic E-state index is 14.9. The smallest absolute Gasteiger partial charge is 0.149 e. The van der Waals surface area contributed by atoms with Gasteiger partial charge in [-0.3, -0.25) is 5.26 Å². The normalized spacial score (nSPS) is 20.0. The molecule has 3 nitrogen and oxygen atoms in total. The van der Waals surface area contributed by atoms with Crippen molar-refractivity contribution in [2.45, 2.75) is 57.5 Å². The molecule has 0 aliphatic heterocycles. The summed E-state index contributed by atoms with van der Waals surface area (Å²) >= 11 is 0. The molecule has 1 saturated carbocycles. The number of rotatable bonds is 6. The first-order valence-corrected chi connectivity index (χ1v) is 10.1. The molecule has 1 aliphatic carbocycles. The van der Waals surface area contributed by atoms with E-state index in [4.69, 9.17) is 5.26 Å². The molecule has 1 aliphatic rings. The maximum Gasteiger partial charge on any atom is 0.149 e. The van der Waals surface area contributed by atoms with Crippen LogP contribution in [0, 0.1) is 40.5 Å². The molecule has 0 aromatic heterocycles. The summed E-state index contributed by atoms with van der Waals surface area (Å²) in [4.78, 5) is 4.20. The number of hydrogen-bond acceptors (Lipinski definition) is 3. The lowest BCUT2D eigenvalue weighted by molar-refractivity contribution is -0.271. The minimum absolute atomic E-state index is 0.0365. The molecule has 7 heteroatoms. The van der Waals surface area contributed by atoms with E-state index >= 15 is 0 Å². The van der Waals surface area contributed by atoms with Crippen LogP contribution in [0.2, 0.25) is 0 Å². The average molecular weight is 421 g/mol. The van der Waals surface area contributed by atoms with Crippen LogP contribution >= 0.6 is 0 Å². The third-order valence-corrected chi connectivity index (χ3v) is 5.96. The second kappa shape index (κ2) is 9.59. The lowest BCUT2D eigenvalue weighted by atomic mass is 9.77. The summed E-state index contributed by atoms with van der Waals surface area (Å²) in [6.07, 6.45) is 4.19. The molecule has 0 bridgehead atoms. The van der Waals surface area contributed by atoms with Crippen LogP contribution in [0.4, 0.5) is 17.6 Å². The Morgan fingerprint density at radius 3 is 2.03 bits per heavy atom. The Kier molecular flexibility index (Phi) is 7.11. The monoisotopic (exact) mass is 421 g/mol. The van der Waals surface area contributed by atoms with Gasteiger partial charge in [-0.05, 0) is 72.9 Å². The van der Waals surface area contributed by atoms with Crippen LogP contribution in [0.5, 0.6) is 0 Å². The van der Waals surface area contributed by atoms with Crippen LogP contribution in [0.1, 0.15) is 79.7 Å². The molecule has 1 N–H and O–H groups in total. The maximum absolute atomic E-state index is 14.9. The number of hydrogen-bond donors (Lipinski definition) is 1. The zero-order valence-corrected chi connectivity index (χ0v) is 16.6. The molecule has 2 aromatic rings. The number of benzene rings is 2. The second-order valence-electron chi connectivity index (χ2n) is 7.86. The van der Waals surface area contributed by atoms with Gasteiger partial charge in [0.05, 0.1) is 5.56 Å². The lowest BCUT2D eigenvalue weighted by Gasteiger charge is -2.29. The van der Waals surface area contributed by atoms with E-state index in [2.05, 4.69) is 11.8 Å². The fourth-order valence-corrected chi connectivity index (χ4v) is 4.41. The lowest BCUT2D eigenvalue weighted by Crippen LogP contribution is -2.15. The summed E-state index contributed by atoms with van der Waals surface area (Å²) in [5.41, 5.74) is -1.30. The Morgan fingerprint density at radius 1 is 1.00 bits per heavy atom. The summed E-state index contributed by atoms with van der Waals surface area (Å²) in [5.74, 6) is -3.68. The van der Waals surface area contributed by atoms with Gasteiger partial charge < -0.3 is 0 Å². The SMILES string of the molecule is CCCC1CCC(c2cc(F)c(C(OO)c3cc(F)c(C#N)c(F)c3)c(F)c2)CC1. The summed E-state index contributed by atoms with van der Waals surface area (Å²) in [7, 11) is 0. The van der Waals surface area contributed by atoms with Gasteiger partial charge in [-0.1, -0.05) is 19.8 Å². The van der Waals surface area contributed by atoms with Crippen molar-refractivity contribution in [1.82, 2.24) is 0 Å². The molecule has 1 atom stereocenters. The number of halogens is 4. The van der Waals surface area contributed by atoms with Crippen LogP contribution in [-0.2, 0) is 4.89 Å². The van der Waals surface area contributed by atoms with Crippen LogP contribution in [-0.4, -0.2) is 5.26 Å². The molecule has 30 heavy (non-hydrogen) atoms. The molecular weight excluding hydrogens is 398 g/mol. The molecule has 2 aromatic carbocycles. The van der Waals surface area contributed by atoms with Crippen molar-refractivity contribution in [2.75, 3.05) is 0 Å². The minimum Gasteiger partial charge on any atom is -0.251 e. The Hall–Kier alpha value is -2.43. The Morgan fingerprint density at radius 2 is 1.57 bits per heavy atom. The van der Waals surface area contributed by atoms with Crippen LogP contribution in [0.25, 0.3) is 0 Å².